The Balaban J connectivity index is 2.79. The molecule has 3 atom stereocenters. The maximum Gasteiger partial charge on any atom is 0.214 e. The van der Waals surface area contributed by atoms with E-state index in [0.29, 0.717) is 37.1 Å². The number of benzene rings is 1. The van der Waals surface area contributed by atoms with Crippen LogP contribution in [-0.4, -0.2) is 64.9 Å². The zero-order valence-electron chi connectivity index (χ0n) is 20.3. The molecule has 0 bridgehead atoms. The van der Waals surface area contributed by atoms with E-state index < -0.39 is 27.4 Å². The van der Waals surface area contributed by atoms with Gasteiger partial charge >= 0.3 is 0 Å². The van der Waals surface area contributed by atoms with E-state index in [4.69, 9.17) is 19.9 Å². The lowest BCUT2D eigenvalue weighted by Crippen LogP contribution is -2.46. The Bertz CT molecular complexity index is 770. The third-order valence-electron chi connectivity index (χ3n) is 5.60. The van der Waals surface area contributed by atoms with Crippen LogP contribution in [0.5, 0.6) is 11.5 Å². The van der Waals surface area contributed by atoms with Crippen LogP contribution in [0.25, 0.3) is 0 Å². The number of nitrogens with one attached hydrogen (secondary N) is 1. The highest BCUT2D eigenvalue weighted by atomic mass is 32.2. The van der Waals surface area contributed by atoms with Gasteiger partial charge in [-0.3, -0.25) is 0 Å². The molecule has 4 N–H and O–H groups in total. The van der Waals surface area contributed by atoms with Crippen LogP contribution in [-0.2, 0) is 21.2 Å². The first-order valence-corrected chi connectivity index (χ1v) is 12.8. The van der Waals surface area contributed by atoms with Crippen molar-refractivity contribution in [2.45, 2.75) is 64.4 Å². The molecule has 0 aliphatic carbocycles. The molecule has 0 aliphatic rings. The first-order valence-electron chi connectivity index (χ1n) is 11.2. The second-order valence-electron chi connectivity index (χ2n) is 8.80. The molecule has 0 radical (unpaired) electrons. The lowest BCUT2D eigenvalue weighted by atomic mass is 9.83. The third kappa shape index (κ3) is 9.62. The second-order valence-corrected chi connectivity index (χ2v) is 11.1. The van der Waals surface area contributed by atoms with Gasteiger partial charge in [-0.05, 0) is 56.2 Å². The Kier molecular flexibility index (Phi) is 12.5. The molecule has 0 heterocycles. The van der Waals surface area contributed by atoms with E-state index in [2.05, 4.69) is 18.6 Å². The van der Waals surface area contributed by atoms with Crippen molar-refractivity contribution in [2.24, 2.45) is 17.6 Å². The van der Waals surface area contributed by atoms with E-state index in [9.17, 15) is 13.5 Å². The molecule has 0 spiro atoms. The SMILES string of the molecule is COCCCOc1cc(CC(CC(N)C(O)CNS(=O)(=O)C(C)C)C(C)C)ccc1OC. The molecule has 0 aliphatic heterocycles. The van der Waals surface area contributed by atoms with Gasteiger partial charge in [-0.15, -0.1) is 0 Å². The zero-order valence-corrected chi connectivity index (χ0v) is 21.2. The molecule has 3 unspecified atom stereocenters. The zero-order chi connectivity index (χ0) is 24.3. The molecular formula is C23H42N2O6S. The molecule has 0 saturated carbocycles. The number of hydrogen-bond donors (Lipinski definition) is 3. The van der Waals surface area contributed by atoms with Crippen LogP contribution in [0, 0.1) is 11.8 Å². The highest BCUT2D eigenvalue weighted by Gasteiger charge is 2.25. The fourth-order valence-corrected chi connectivity index (χ4v) is 4.00. The van der Waals surface area contributed by atoms with Gasteiger partial charge in [0.05, 0.1) is 25.1 Å². The van der Waals surface area contributed by atoms with Gasteiger partial charge in [0.2, 0.25) is 10.0 Å². The summed E-state index contributed by atoms with van der Waals surface area (Å²) in [5.74, 6) is 1.90. The van der Waals surface area contributed by atoms with Crippen molar-refractivity contribution in [1.29, 1.82) is 0 Å². The first-order chi connectivity index (χ1) is 15.0. The Morgan fingerprint density at radius 2 is 1.78 bits per heavy atom. The number of aliphatic hydroxyl groups is 1. The van der Waals surface area contributed by atoms with Crippen molar-refractivity contribution in [3.05, 3.63) is 23.8 Å². The summed E-state index contributed by atoms with van der Waals surface area (Å²) in [6.45, 7) is 8.50. The molecular weight excluding hydrogens is 432 g/mol. The minimum Gasteiger partial charge on any atom is -0.493 e. The van der Waals surface area contributed by atoms with Crippen molar-refractivity contribution in [3.63, 3.8) is 0 Å². The third-order valence-corrected chi connectivity index (χ3v) is 7.41. The van der Waals surface area contributed by atoms with Crippen LogP contribution >= 0.6 is 0 Å². The molecule has 0 amide bonds. The molecule has 186 valence electrons. The minimum absolute atomic E-state index is 0.0888. The summed E-state index contributed by atoms with van der Waals surface area (Å²) in [4.78, 5) is 0. The lowest BCUT2D eigenvalue weighted by Gasteiger charge is -2.27. The molecule has 1 rings (SSSR count). The number of aliphatic hydroxyl groups excluding tert-OH is 1. The Hall–Kier alpha value is -1.39. The van der Waals surface area contributed by atoms with E-state index in [1.807, 2.05) is 18.2 Å². The average molecular weight is 475 g/mol. The summed E-state index contributed by atoms with van der Waals surface area (Å²) in [7, 11) is -0.168. The van der Waals surface area contributed by atoms with Crippen LogP contribution in [0.4, 0.5) is 0 Å². The topological polar surface area (TPSA) is 120 Å². The maximum absolute atomic E-state index is 11.9. The van der Waals surface area contributed by atoms with E-state index in [-0.39, 0.29) is 12.5 Å². The summed E-state index contributed by atoms with van der Waals surface area (Å²) in [5, 5.41) is 9.85. The van der Waals surface area contributed by atoms with Crippen LogP contribution in [0.15, 0.2) is 18.2 Å². The molecule has 32 heavy (non-hydrogen) atoms. The summed E-state index contributed by atoms with van der Waals surface area (Å²) in [5.41, 5.74) is 7.33. The van der Waals surface area contributed by atoms with Crippen LogP contribution in [0.1, 0.15) is 46.1 Å². The smallest absolute Gasteiger partial charge is 0.214 e. The monoisotopic (exact) mass is 474 g/mol. The van der Waals surface area contributed by atoms with Crippen LogP contribution < -0.4 is 19.9 Å². The quantitative estimate of drug-likeness (QED) is 0.315. The van der Waals surface area contributed by atoms with E-state index >= 15 is 0 Å². The number of methoxy groups -OCH3 is 2. The Morgan fingerprint density at radius 3 is 2.34 bits per heavy atom. The number of nitrogens with two attached hydrogens (primary N) is 1. The molecule has 1 aromatic carbocycles. The fraction of sp³-hybridized carbons (Fsp3) is 0.739. The molecule has 1 aromatic rings. The van der Waals surface area contributed by atoms with Crippen molar-refractivity contribution < 1.29 is 27.7 Å². The van der Waals surface area contributed by atoms with Gasteiger partial charge in [-0.2, -0.15) is 0 Å². The highest BCUT2D eigenvalue weighted by molar-refractivity contribution is 7.90. The molecule has 0 saturated heterocycles. The lowest BCUT2D eigenvalue weighted by molar-refractivity contribution is 0.129. The van der Waals surface area contributed by atoms with Gasteiger partial charge in [0.15, 0.2) is 11.5 Å². The van der Waals surface area contributed by atoms with Gasteiger partial charge in [0.25, 0.3) is 0 Å². The van der Waals surface area contributed by atoms with Gasteiger partial charge < -0.3 is 25.1 Å². The summed E-state index contributed by atoms with van der Waals surface area (Å²) < 4.78 is 42.7. The van der Waals surface area contributed by atoms with E-state index in [0.717, 1.165) is 18.4 Å². The largest absolute Gasteiger partial charge is 0.493 e. The molecule has 8 nitrogen and oxygen atoms in total. The van der Waals surface area contributed by atoms with Gasteiger partial charge in [0.1, 0.15) is 0 Å². The van der Waals surface area contributed by atoms with Gasteiger partial charge in [0, 0.05) is 32.7 Å². The highest BCUT2D eigenvalue weighted by Crippen LogP contribution is 2.31. The second kappa shape index (κ2) is 14.0. The molecule has 0 aromatic heterocycles. The van der Waals surface area contributed by atoms with E-state index in [1.165, 1.54) is 0 Å². The minimum atomic E-state index is -3.44. The van der Waals surface area contributed by atoms with Gasteiger partial charge in [-0.1, -0.05) is 19.9 Å². The summed E-state index contributed by atoms with van der Waals surface area (Å²) >= 11 is 0. The van der Waals surface area contributed by atoms with Crippen molar-refractivity contribution in [1.82, 2.24) is 4.72 Å². The molecule has 0 fully saturated rings. The number of rotatable bonds is 16. The standard InChI is InChI=1S/C23H42N2O6S/c1-16(2)19(14-20(24)21(26)15-25-32(27,28)17(3)4)12-18-8-9-22(30-6)23(13-18)31-11-7-10-29-5/h8-9,13,16-17,19-21,25-26H,7,10-12,14-15,24H2,1-6H3. The normalized spacial score (nSPS) is 15.1. The van der Waals surface area contributed by atoms with E-state index in [1.54, 1.807) is 28.1 Å². The number of ether oxygens (including phenoxy) is 3. The van der Waals surface area contributed by atoms with Crippen LogP contribution in [0.2, 0.25) is 0 Å². The van der Waals surface area contributed by atoms with Crippen molar-refractivity contribution >= 4 is 10.0 Å². The Morgan fingerprint density at radius 1 is 1.09 bits per heavy atom. The number of hydrogen-bond acceptors (Lipinski definition) is 7. The number of sulfonamides is 1. The predicted molar refractivity (Wildman–Crippen MR) is 128 cm³/mol. The van der Waals surface area contributed by atoms with Gasteiger partial charge in [-0.25, -0.2) is 13.1 Å². The predicted octanol–water partition coefficient (Wildman–Crippen LogP) is 2.33. The first kappa shape index (κ1) is 28.6. The average Bonchev–Trinajstić information content (AvgIpc) is 2.74. The van der Waals surface area contributed by atoms with Crippen molar-refractivity contribution in [3.8, 4) is 11.5 Å². The van der Waals surface area contributed by atoms with Crippen molar-refractivity contribution in [2.75, 3.05) is 34.0 Å². The van der Waals surface area contributed by atoms with Crippen LogP contribution in [0.3, 0.4) is 0 Å². The molecule has 9 heteroatoms. The summed E-state index contributed by atoms with van der Waals surface area (Å²) in [6.07, 6.45) is 1.15. The Labute approximate surface area is 193 Å². The fourth-order valence-electron chi connectivity index (χ4n) is 3.27. The maximum atomic E-state index is 11.9. The summed E-state index contributed by atoms with van der Waals surface area (Å²) in [6, 6.07) is 5.35.